The van der Waals surface area contributed by atoms with Gasteiger partial charge < -0.3 is 5.11 Å². The Kier molecular flexibility index (Phi) is 2.87. The van der Waals surface area contributed by atoms with E-state index in [0.29, 0.717) is 10.8 Å². The molecule has 0 saturated heterocycles. The highest BCUT2D eigenvalue weighted by atomic mass is 32.1. The SMILES string of the molecule is Cc1csc(N(C(=O)O)c2ccccc2)n1. The fourth-order valence-corrected chi connectivity index (χ4v) is 2.14. The van der Waals surface area contributed by atoms with E-state index in [0.717, 1.165) is 5.69 Å². The van der Waals surface area contributed by atoms with Gasteiger partial charge >= 0.3 is 6.09 Å². The summed E-state index contributed by atoms with van der Waals surface area (Å²) in [6.07, 6.45) is -1.03. The van der Waals surface area contributed by atoms with Crippen molar-refractivity contribution in [3.8, 4) is 0 Å². The van der Waals surface area contributed by atoms with Crippen molar-refractivity contribution >= 4 is 28.2 Å². The van der Waals surface area contributed by atoms with Crippen molar-refractivity contribution < 1.29 is 9.90 Å². The molecule has 1 aromatic heterocycles. The van der Waals surface area contributed by atoms with Gasteiger partial charge in [-0.15, -0.1) is 11.3 Å². The van der Waals surface area contributed by atoms with Crippen LogP contribution in [0.4, 0.5) is 15.6 Å². The molecular weight excluding hydrogens is 224 g/mol. The molecule has 1 aromatic carbocycles. The molecule has 2 rings (SSSR count). The maximum atomic E-state index is 11.2. The van der Waals surface area contributed by atoms with Crippen LogP contribution < -0.4 is 4.90 Å². The number of carboxylic acid groups (broad SMARTS) is 1. The van der Waals surface area contributed by atoms with Crippen LogP contribution in [-0.2, 0) is 0 Å². The topological polar surface area (TPSA) is 53.4 Å². The Morgan fingerprint density at radius 3 is 2.56 bits per heavy atom. The van der Waals surface area contributed by atoms with Crippen molar-refractivity contribution in [3.05, 3.63) is 41.4 Å². The summed E-state index contributed by atoms with van der Waals surface area (Å²) >= 11 is 1.31. The van der Waals surface area contributed by atoms with E-state index in [2.05, 4.69) is 4.98 Å². The van der Waals surface area contributed by atoms with Crippen molar-refractivity contribution in [2.24, 2.45) is 0 Å². The zero-order valence-corrected chi connectivity index (χ0v) is 9.44. The Bertz CT molecular complexity index is 496. The van der Waals surface area contributed by atoms with Gasteiger partial charge in [-0.3, -0.25) is 0 Å². The summed E-state index contributed by atoms with van der Waals surface area (Å²) in [4.78, 5) is 16.6. The standard InChI is InChI=1S/C11H10N2O2S/c1-8-7-16-10(12-8)13(11(14)15)9-5-3-2-4-6-9/h2-7H,1H3,(H,14,15). The highest BCUT2D eigenvalue weighted by molar-refractivity contribution is 7.14. The molecule has 4 nitrogen and oxygen atoms in total. The number of benzene rings is 1. The third kappa shape index (κ3) is 2.04. The van der Waals surface area contributed by atoms with Gasteiger partial charge in [-0.05, 0) is 19.1 Å². The molecule has 1 amide bonds. The zero-order valence-electron chi connectivity index (χ0n) is 8.62. The monoisotopic (exact) mass is 234 g/mol. The number of anilines is 2. The number of thiazole rings is 1. The van der Waals surface area contributed by atoms with Crippen molar-refractivity contribution in [1.29, 1.82) is 0 Å². The lowest BCUT2D eigenvalue weighted by atomic mass is 10.3. The van der Waals surface area contributed by atoms with Crippen LogP contribution in [0.25, 0.3) is 0 Å². The number of rotatable bonds is 2. The van der Waals surface area contributed by atoms with E-state index in [1.54, 1.807) is 24.3 Å². The van der Waals surface area contributed by atoms with Crippen molar-refractivity contribution in [3.63, 3.8) is 0 Å². The second kappa shape index (κ2) is 4.32. The number of hydrogen-bond donors (Lipinski definition) is 1. The minimum absolute atomic E-state index is 0.469. The maximum absolute atomic E-state index is 11.2. The molecule has 16 heavy (non-hydrogen) atoms. The average Bonchev–Trinajstić information content (AvgIpc) is 2.66. The Labute approximate surface area is 96.8 Å². The average molecular weight is 234 g/mol. The molecule has 0 unspecified atom stereocenters. The van der Waals surface area contributed by atoms with Crippen LogP contribution in [-0.4, -0.2) is 16.2 Å². The smallest absolute Gasteiger partial charge is 0.418 e. The Morgan fingerprint density at radius 1 is 1.38 bits per heavy atom. The molecule has 0 bridgehead atoms. The van der Waals surface area contributed by atoms with Gasteiger partial charge in [0.1, 0.15) is 0 Å². The number of amides is 1. The molecule has 5 heteroatoms. The van der Waals surface area contributed by atoms with Gasteiger partial charge in [0.25, 0.3) is 0 Å². The Hall–Kier alpha value is -1.88. The number of aryl methyl sites for hydroxylation is 1. The van der Waals surface area contributed by atoms with Crippen LogP contribution in [0, 0.1) is 6.92 Å². The summed E-state index contributed by atoms with van der Waals surface area (Å²) in [6, 6.07) is 8.92. The number of hydrogen-bond acceptors (Lipinski definition) is 3. The quantitative estimate of drug-likeness (QED) is 0.867. The predicted molar refractivity (Wildman–Crippen MR) is 63.5 cm³/mol. The molecule has 82 valence electrons. The van der Waals surface area contributed by atoms with Gasteiger partial charge in [0.05, 0.1) is 11.4 Å². The fraction of sp³-hybridized carbons (Fsp3) is 0.0909. The first-order valence-electron chi connectivity index (χ1n) is 4.68. The van der Waals surface area contributed by atoms with Crippen molar-refractivity contribution in [2.75, 3.05) is 4.90 Å². The molecule has 0 saturated carbocycles. The molecule has 1 N–H and O–H groups in total. The molecule has 0 fully saturated rings. The third-order valence-electron chi connectivity index (χ3n) is 2.00. The maximum Gasteiger partial charge on any atom is 0.418 e. The van der Waals surface area contributed by atoms with Crippen LogP contribution in [0.3, 0.4) is 0 Å². The molecule has 0 aliphatic heterocycles. The molecule has 0 aliphatic rings. The number of para-hydroxylation sites is 1. The van der Waals surface area contributed by atoms with Gasteiger partial charge in [-0.2, -0.15) is 0 Å². The van der Waals surface area contributed by atoms with Crippen LogP contribution in [0.2, 0.25) is 0 Å². The Morgan fingerprint density at radius 2 is 2.06 bits per heavy atom. The first-order chi connectivity index (χ1) is 7.68. The summed E-state index contributed by atoms with van der Waals surface area (Å²) < 4.78 is 0. The van der Waals surface area contributed by atoms with Gasteiger partial charge in [0.2, 0.25) is 0 Å². The third-order valence-corrected chi connectivity index (χ3v) is 2.95. The van der Waals surface area contributed by atoms with Crippen molar-refractivity contribution in [1.82, 2.24) is 4.98 Å². The molecular formula is C11H10N2O2S. The highest BCUT2D eigenvalue weighted by Gasteiger charge is 2.19. The molecule has 0 radical (unpaired) electrons. The van der Waals surface area contributed by atoms with E-state index >= 15 is 0 Å². The first kappa shape index (κ1) is 10.6. The fourth-order valence-electron chi connectivity index (χ4n) is 1.32. The van der Waals surface area contributed by atoms with E-state index in [4.69, 9.17) is 0 Å². The molecule has 0 aliphatic carbocycles. The van der Waals surface area contributed by atoms with E-state index in [9.17, 15) is 9.90 Å². The predicted octanol–water partition coefficient (Wildman–Crippen LogP) is 3.27. The van der Waals surface area contributed by atoms with E-state index in [-0.39, 0.29) is 0 Å². The van der Waals surface area contributed by atoms with Gasteiger partial charge in [0, 0.05) is 5.38 Å². The van der Waals surface area contributed by atoms with Gasteiger partial charge in [-0.25, -0.2) is 14.7 Å². The first-order valence-corrected chi connectivity index (χ1v) is 5.56. The van der Waals surface area contributed by atoms with Crippen LogP contribution in [0.5, 0.6) is 0 Å². The van der Waals surface area contributed by atoms with E-state index in [1.807, 2.05) is 18.4 Å². The molecule has 0 atom stereocenters. The summed E-state index contributed by atoms with van der Waals surface area (Å²) in [5.74, 6) is 0. The molecule has 1 heterocycles. The second-order valence-electron chi connectivity index (χ2n) is 3.22. The zero-order chi connectivity index (χ0) is 11.5. The summed E-state index contributed by atoms with van der Waals surface area (Å²) in [5, 5.41) is 11.5. The lowest BCUT2D eigenvalue weighted by molar-refractivity contribution is 0.205. The van der Waals surface area contributed by atoms with E-state index in [1.165, 1.54) is 16.2 Å². The van der Waals surface area contributed by atoms with Gasteiger partial charge in [-0.1, -0.05) is 18.2 Å². The minimum atomic E-state index is -1.03. The lowest BCUT2D eigenvalue weighted by Gasteiger charge is -2.15. The second-order valence-corrected chi connectivity index (χ2v) is 4.06. The lowest BCUT2D eigenvalue weighted by Crippen LogP contribution is -2.23. The largest absolute Gasteiger partial charge is 0.464 e. The highest BCUT2D eigenvalue weighted by Crippen LogP contribution is 2.28. The van der Waals surface area contributed by atoms with Crippen LogP contribution in [0.1, 0.15) is 5.69 Å². The normalized spacial score (nSPS) is 10.1. The van der Waals surface area contributed by atoms with Crippen LogP contribution in [0.15, 0.2) is 35.7 Å². The van der Waals surface area contributed by atoms with Gasteiger partial charge in [0.15, 0.2) is 5.13 Å². The summed E-state index contributed by atoms with van der Waals surface area (Å²) in [7, 11) is 0. The van der Waals surface area contributed by atoms with E-state index < -0.39 is 6.09 Å². The number of carbonyl (C=O) groups is 1. The Balaban J connectivity index is 2.43. The summed E-state index contributed by atoms with van der Waals surface area (Å²) in [6.45, 7) is 1.84. The molecule has 2 aromatic rings. The van der Waals surface area contributed by atoms with Crippen molar-refractivity contribution in [2.45, 2.75) is 6.92 Å². The van der Waals surface area contributed by atoms with Crippen LogP contribution >= 0.6 is 11.3 Å². The molecule has 0 spiro atoms. The number of nitrogens with zero attached hydrogens (tertiary/aromatic N) is 2. The minimum Gasteiger partial charge on any atom is -0.464 e. The number of aromatic nitrogens is 1. The summed E-state index contributed by atoms with van der Waals surface area (Å²) in [5.41, 5.74) is 1.42.